The van der Waals surface area contributed by atoms with Crippen LogP contribution < -0.4 is 10.1 Å². The first-order chi connectivity index (χ1) is 11.6. The van der Waals surface area contributed by atoms with Gasteiger partial charge in [-0.25, -0.2) is 9.48 Å². The predicted molar refractivity (Wildman–Crippen MR) is 90.3 cm³/mol. The topological polar surface area (TPSA) is 85.2 Å². The maximum atomic E-state index is 12.3. The Bertz CT molecular complexity index is 725. The largest absolute Gasteiger partial charge is 0.491 e. The Morgan fingerprint density at radius 3 is 3.17 bits per heavy atom. The first-order valence-corrected chi connectivity index (χ1v) is 8.79. The molecule has 8 nitrogen and oxygen atoms in total. The molecule has 10 heteroatoms. The molecule has 128 valence electrons. The number of thioether (sulfide) groups is 1. The molecule has 0 unspecified atom stereocenters. The summed E-state index contributed by atoms with van der Waals surface area (Å²) in [4.78, 5) is 14.1. The third-order valence-corrected chi connectivity index (χ3v) is 4.73. The van der Waals surface area contributed by atoms with Crippen LogP contribution in [0.5, 0.6) is 5.75 Å². The number of ether oxygens (including phenoxy) is 1. The third-order valence-electron chi connectivity index (χ3n) is 3.48. The molecule has 0 atom stereocenters. The van der Waals surface area contributed by atoms with Gasteiger partial charge < -0.3 is 15.0 Å². The van der Waals surface area contributed by atoms with E-state index in [1.54, 1.807) is 22.7 Å². The van der Waals surface area contributed by atoms with Crippen LogP contribution >= 0.6 is 23.4 Å². The van der Waals surface area contributed by atoms with Crippen LogP contribution in [0.1, 0.15) is 5.56 Å². The first kappa shape index (κ1) is 16.8. The van der Waals surface area contributed by atoms with Gasteiger partial charge in [0.05, 0.1) is 13.1 Å². The molecule has 0 spiro atoms. The number of aromatic nitrogens is 4. The highest BCUT2D eigenvalue weighted by atomic mass is 35.5. The van der Waals surface area contributed by atoms with Gasteiger partial charge in [-0.05, 0) is 28.6 Å². The molecule has 0 bridgehead atoms. The molecule has 2 aromatic rings. The highest BCUT2D eigenvalue weighted by Crippen LogP contribution is 2.26. The number of carbonyl (C=O) groups is 1. The molecule has 2 amide bonds. The van der Waals surface area contributed by atoms with Gasteiger partial charge >= 0.3 is 6.03 Å². The number of halogens is 1. The smallest absolute Gasteiger partial charge is 0.317 e. The molecule has 1 aromatic heterocycles. The summed E-state index contributed by atoms with van der Waals surface area (Å²) >= 11 is 7.51. The van der Waals surface area contributed by atoms with E-state index in [1.807, 2.05) is 12.1 Å². The average Bonchev–Trinajstić information content (AvgIpc) is 2.85. The zero-order chi connectivity index (χ0) is 16.9. The van der Waals surface area contributed by atoms with E-state index in [0.717, 1.165) is 16.5 Å². The van der Waals surface area contributed by atoms with E-state index in [0.29, 0.717) is 37.0 Å². The van der Waals surface area contributed by atoms with Crippen molar-refractivity contribution >= 4 is 29.4 Å². The van der Waals surface area contributed by atoms with Crippen molar-refractivity contribution in [3.63, 3.8) is 0 Å². The summed E-state index contributed by atoms with van der Waals surface area (Å²) in [5.41, 5.74) is 0.912. The van der Waals surface area contributed by atoms with E-state index in [9.17, 15) is 4.79 Å². The van der Waals surface area contributed by atoms with Gasteiger partial charge in [0.1, 0.15) is 12.4 Å². The molecule has 0 aliphatic carbocycles. The summed E-state index contributed by atoms with van der Waals surface area (Å²) in [5, 5.41) is 15.5. The number of urea groups is 1. The maximum Gasteiger partial charge on any atom is 0.317 e. The zero-order valence-electron chi connectivity index (χ0n) is 13.1. The van der Waals surface area contributed by atoms with Crippen LogP contribution in [0.4, 0.5) is 4.79 Å². The Labute approximate surface area is 148 Å². The second kappa shape index (κ2) is 7.71. The molecule has 0 saturated carbocycles. The molecule has 1 aliphatic heterocycles. The van der Waals surface area contributed by atoms with E-state index in [2.05, 4.69) is 20.8 Å². The molecule has 1 aromatic carbocycles. The van der Waals surface area contributed by atoms with Crippen LogP contribution in [-0.4, -0.2) is 56.6 Å². The number of hydrogen-bond acceptors (Lipinski definition) is 6. The molecular formula is C14H17ClN6O2S. The minimum absolute atomic E-state index is 0.122. The molecule has 2 heterocycles. The van der Waals surface area contributed by atoms with Crippen molar-refractivity contribution in [1.29, 1.82) is 0 Å². The SMILES string of the molecule is Cn1nnnc1SCCNC(=O)N1CCOc2ccc(Cl)cc2C1. The molecule has 0 saturated heterocycles. The molecule has 3 rings (SSSR count). The second-order valence-corrected chi connectivity index (χ2v) is 6.69. The molecule has 24 heavy (non-hydrogen) atoms. The Balaban J connectivity index is 1.50. The van der Waals surface area contributed by atoms with Crippen molar-refractivity contribution in [2.45, 2.75) is 11.7 Å². The summed E-state index contributed by atoms with van der Waals surface area (Å²) in [6.45, 7) is 1.98. The lowest BCUT2D eigenvalue weighted by molar-refractivity contribution is 0.188. The maximum absolute atomic E-state index is 12.3. The van der Waals surface area contributed by atoms with Crippen molar-refractivity contribution in [1.82, 2.24) is 30.4 Å². The standard InChI is InChI=1S/C14H17ClN6O2S/c1-20-14(17-18-19-20)24-7-4-16-13(22)21-5-6-23-12-3-2-11(15)8-10(12)9-21/h2-3,8H,4-7,9H2,1H3,(H,16,22). The normalized spacial score (nSPS) is 13.8. The Morgan fingerprint density at radius 1 is 1.50 bits per heavy atom. The van der Waals surface area contributed by atoms with Gasteiger partial charge in [0, 0.05) is 29.9 Å². The molecule has 1 N–H and O–H groups in total. The van der Waals surface area contributed by atoms with Crippen LogP contribution in [0, 0.1) is 0 Å². The van der Waals surface area contributed by atoms with Gasteiger partial charge in [0.15, 0.2) is 0 Å². The molecule has 1 aliphatic rings. The lowest BCUT2D eigenvalue weighted by Gasteiger charge is -2.20. The summed E-state index contributed by atoms with van der Waals surface area (Å²) in [5.74, 6) is 1.47. The average molecular weight is 369 g/mol. The van der Waals surface area contributed by atoms with Gasteiger partial charge in [0.2, 0.25) is 5.16 Å². The highest BCUT2D eigenvalue weighted by molar-refractivity contribution is 7.99. The van der Waals surface area contributed by atoms with E-state index in [-0.39, 0.29) is 6.03 Å². The number of aryl methyl sites for hydroxylation is 1. The van der Waals surface area contributed by atoms with Crippen molar-refractivity contribution in [2.24, 2.45) is 7.05 Å². The third kappa shape index (κ3) is 4.09. The number of fused-ring (bicyclic) bond motifs is 1. The van der Waals surface area contributed by atoms with Crippen LogP contribution in [-0.2, 0) is 13.6 Å². The minimum Gasteiger partial charge on any atom is -0.491 e. The fourth-order valence-electron chi connectivity index (χ4n) is 2.29. The number of hydrogen-bond donors (Lipinski definition) is 1. The van der Waals surface area contributed by atoms with Gasteiger partial charge in [-0.1, -0.05) is 23.4 Å². The highest BCUT2D eigenvalue weighted by Gasteiger charge is 2.19. The minimum atomic E-state index is -0.122. The lowest BCUT2D eigenvalue weighted by Crippen LogP contribution is -2.41. The Morgan fingerprint density at radius 2 is 2.38 bits per heavy atom. The number of rotatable bonds is 4. The summed E-state index contributed by atoms with van der Waals surface area (Å²) in [6, 6.07) is 5.33. The number of nitrogens with one attached hydrogen (secondary N) is 1. The lowest BCUT2D eigenvalue weighted by atomic mass is 10.2. The number of tetrazole rings is 1. The molecule has 0 radical (unpaired) electrons. The first-order valence-electron chi connectivity index (χ1n) is 7.42. The zero-order valence-corrected chi connectivity index (χ0v) is 14.7. The number of carbonyl (C=O) groups excluding carboxylic acids is 1. The van der Waals surface area contributed by atoms with Crippen LogP contribution in [0.25, 0.3) is 0 Å². The quantitative estimate of drug-likeness (QED) is 0.651. The number of amides is 2. The van der Waals surface area contributed by atoms with Crippen molar-refractivity contribution in [2.75, 3.05) is 25.4 Å². The summed E-state index contributed by atoms with van der Waals surface area (Å²) in [6.07, 6.45) is 0. The van der Waals surface area contributed by atoms with Gasteiger partial charge in [-0.2, -0.15) is 0 Å². The second-order valence-electron chi connectivity index (χ2n) is 5.19. The number of nitrogens with zero attached hydrogens (tertiary/aromatic N) is 5. The molecule has 0 fully saturated rings. The summed E-state index contributed by atoms with van der Waals surface area (Å²) < 4.78 is 7.26. The predicted octanol–water partition coefficient (Wildman–Crippen LogP) is 1.56. The Hall–Kier alpha value is -2.00. The van der Waals surface area contributed by atoms with E-state index in [1.165, 1.54) is 11.8 Å². The van der Waals surface area contributed by atoms with Crippen LogP contribution in [0.15, 0.2) is 23.4 Å². The van der Waals surface area contributed by atoms with Crippen molar-refractivity contribution in [3.8, 4) is 5.75 Å². The van der Waals surface area contributed by atoms with Gasteiger partial charge in [-0.15, -0.1) is 5.10 Å². The van der Waals surface area contributed by atoms with E-state index >= 15 is 0 Å². The van der Waals surface area contributed by atoms with Gasteiger partial charge in [-0.3, -0.25) is 0 Å². The van der Waals surface area contributed by atoms with Gasteiger partial charge in [0.25, 0.3) is 0 Å². The van der Waals surface area contributed by atoms with Crippen molar-refractivity contribution in [3.05, 3.63) is 28.8 Å². The summed E-state index contributed by atoms with van der Waals surface area (Å²) in [7, 11) is 1.78. The fourth-order valence-corrected chi connectivity index (χ4v) is 3.19. The monoisotopic (exact) mass is 368 g/mol. The van der Waals surface area contributed by atoms with Crippen LogP contribution in [0.2, 0.25) is 5.02 Å². The Kier molecular flexibility index (Phi) is 5.41. The van der Waals surface area contributed by atoms with Crippen molar-refractivity contribution < 1.29 is 9.53 Å². The fraction of sp³-hybridized carbons (Fsp3) is 0.429. The molecular weight excluding hydrogens is 352 g/mol. The number of benzene rings is 1. The van der Waals surface area contributed by atoms with Crippen LogP contribution in [0.3, 0.4) is 0 Å². The van der Waals surface area contributed by atoms with E-state index in [4.69, 9.17) is 16.3 Å². The van der Waals surface area contributed by atoms with E-state index < -0.39 is 0 Å².